The first kappa shape index (κ1) is 20.4. The van der Waals surface area contributed by atoms with Crippen LogP contribution in [0.25, 0.3) is 10.2 Å². The van der Waals surface area contributed by atoms with Crippen molar-refractivity contribution in [1.29, 1.82) is 0 Å². The van der Waals surface area contributed by atoms with Gasteiger partial charge in [-0.3, -0.25) is 9.52 Å². The minimum Gasteiger partial charge on any atom is -0.495 e. The molecule has 1 aliphatic heterocycles. The Hall–Kier alpha value is -2.85. The smallest absolute Gasteiger partial charge is 0.265 e. The number of nitrogens with one attached hydrogen (secondary N) is 2. The third-order valence-corrected chi connectivity index (χ3v) is 7.26. The SMILES string of the molecule is COc1ccc(NC(C)=O)cc1S(=O)(=O)Nc1ccc2nc(N3CCCC3)sc2c1. The van der Waals surface area contributed by atoms with Crippen molar-refractivity contribution in [3.8, 4) is 5.75 Å². The molecule has 8 nitrogen and oxygen atoms in total. The highest BCUT2D eigenvalue weighted by molar-refractivity contribution is 7.92. The molecule has 158 valence electrons. The fourth-order valence-electron chi connectivity index (χ4n) is 3.40. The van der Waals surface area contributed by atoms with Crippen molar-refractivity contribution in [1.82, 2.24) is 4.98 Å². The fourth-order valence-corrected chi connectivity index (χ4v) is 5.70. The minimum absolute atomic E-state index is 0.0570. The van der Waals surface area contributed by atoms with Crippen molar-refractivity contribution in [3.05, 3.63) is 36.4 Å². The summed E-state index contributed by atoms with van der Waals surface area (Å²) in [5.41, 5.74) is 1.65. The van der Waals surface area contributed by atoms with Crippen molar-refractivity contribution in [2.24, 2.45) is 0 Å². The Labute approximate surface area is 178 Å². The minimum atomic E-state index is -3.94. The standard InChI is InChI=1S/C20H22N4O4S2/c1-13(25)21-14-6-8-17(28-2)19(12-14)30(26,27)23-15-5-7-16-18(11-15)29-20(22-16)24-9-3-4-10-24/h5-8,11-12,23H,3-4,9-10H2,1-2H3,(H,21,25). The Balaban J connectivity index is 1.64. The van der Waals surface area contributed by atoms with Crippen LogP contribution < -0.4 is 19.7 Å². The largest absolute Gasteiger partial charge is 0.495 e. The van der Waals surface area contributed by atoms with Crippen LogP contribution in [0.2, 0.25) is 0 Å². The van der Waals surface area contributed by atoms with Crippen LogP contribution in [0, 0.1) is 0 Å². The summed E-state index contributed by atoms with van der Waals surface area (Å²) >= 11 is 1.56. The third-order valence-electron chi connectivity index (χ3n) is 4.78. The molecule has 2 N–H and O–H groups in total. The number of sulfonamides is 1. The molecular formula is C20H22N4O4S2. The zero-order valence-corrected chi connectivity index (χ0v) is 18.3. The Morgan fingerprint density at radius 1 is 1.13 bits per heavy atom. The molecule has 1 fully saturated rings. The van der Waals surface area contributed by atoms with Crippen molar-refractivity contribution < 1.29 is 17.9 Å². The van der Waals surface area contributed by atoms with E-state index in [4.69, 9.17) is 4.74 Å². The molecule has 0 saturated carbocycles. The average Bonchev–Trinajstić information content (AvgIpc) is 3.36. The summed E-state index contributed by atoms with van der Waals surface area (Å²) in [6.45, 7) is 3.37. The number of ether oxygens (including phenoxy) is 1. The van der Waals surface area contributed by atoms with Crippen molar-refractivity contribution in [3.63, 3.8) is 0 Å². The number of rotatable bonds is 6. The van der Waals surface area contributed by atoms with E-state index in [9.17, 15) is 13.2 Å². The summed E-state index contributed by atoms with van der Waals surface area (Å²) in [7, 11) is -2.55. The number of thiazole rings is 1. The van der Waals surface area contributed by atoms with Gasteiger partial charge < -0.3 is 15.0 Å². The van der Waals surface area contributed by atoms with Gasteiger partial charge in [0.25, 0.3) is 10.0 Å². The molecule has 0 radical (unpaired) electrons. The Bertz CT molecular complexity index is 1200. The lowest BCUT2D eigenvalue weighted by Crippen LogP contribution is -2.16. The van der Waals surface area contributed by atoms with Crippen molar-refractivity contribution >= 4 is 54.0 Å². The lowest BCUT2D eigenvalue weighted by molar-refractivity contribution is -0.114. The van der Waals surface area contributed by atoms with Gasteiger partial charge in [-0.1, -0.05) is 11.3 Å². The van der Waals surface area contributed by atoms with E-state index < -0.39 is 10.0 Å². The zero-order valence-electron chi connectivity index (χ0n) is 16.6. The van der Waals surface area contributed by atoms with Gasteiger partial charge in [0.05, 0.1) is 23.0 Å². The molecule has 0 spiro atoms. The highest BCUT2D eigenvalue weighted by Crippen LogP contribution is 2.34. The van der Waals surface area contributed by atoms with Crippen LogP contribution in [0.5, 0.6) is 5.75 Å². The molecule has 10 heteroatoms. The number of methoxy groups -OCH3 is 1. The number of benzene rings is 2. The van der Waals surface area contributed by atoms with Gasteiger partial charge in [-0.25, -0.2) is 13.4 Å². The van der Waals surface area contributed by atoms with E-state index in [1.54, 1.807) is 29.5 Å². The molecule has 2 heterocycles. The molecule has 1 amide bonds. The number of nitrogens with zero attached hydrogens (tertiary/aromatic N) is 2. The van der Waals surface area contributed by atoms with Gasteiger partial charge in [-0.2, -0.15) is 0 Å². The molecule has 1 saturated heterocycles. The molecule has 0 atom stereocenters. The van der Waals surface area contributed by atoms with Crippen LogP contribution in [0.1, 0.15) is 19.8 Å². The van der Waals surface area contributed by atoms with Crippen molar-refractivity contribution in [2.75, 3.05) is 35.1 Å². The first-order chi connectivity index (χ1) is 14.4. The molecule has 0 unspecified atom stereocenters. The van der Waals surface area contributed by atoms with E-state index >= 15 is 0 Å². The van der Waals surface area contributed by atoms with Gasteiger partial charge in [0.1, 0.15) is 10.6 Å². The second kappa shape index (κ2) is 8.11. The predicted octanol–water partition coefficient (Wildman–Crippen LogP) is 3.66. The number of carbonyl (C=O) groups excluding carboxylic acids is 1. The normalized spacial score (nSPS) is 14.1. The van der Waals surface area contributed by atoms with Crippen LogP contribution in [0.4, 0.5) is 16.5 Å². The zero-order chi connectivity index (χ0) is 21.3. The fraction of sp³-hybridized carbons (Fsp3) is 0.300. The van der Waals surface area contributed by atoms with Crippen LogP contribution in [0.15, 0.2) is 41.3 Å². The summed E-state index contributed by atoms with van der Waals surface area (Å²) in [4.78, 5) is 18.2. The Morgan fingerprint density at radius 3 is 2.57 bits per heavy atom. The first-order valence-electron chi connectivity index (χ1n) is 9.50. The van der Waals surface area contributed by atoms with Gasteiger partial charge in [0.15, 0.2) is 5.13 Å². The van der Waals surface area contributed by atoms with Crippen LogP contribution in [0.3, 0.4) is 0 Å². The van der Waals surface area contributed by atoms with E-state index in [0.717, 1.165) is 28.4 Å². The van der Waals surface area contributed by atoms with Gasteiger partial charge in [-0.05, 0) is 49.2 Å². The van der Waals surface area contributed by atoms with Crippen molar-refractivity contribution in [2.45, 2.75) is 24.7 Å². The highest BCUT2D eigenvalue weighted by atomic mass is 32.2. The summed E-state index contributed by atoms with van der Waals surface area (Å²) < 4.78 is 34.8. The van der Waals surface area contributed by atoms with E-state index in [-0.39, 0.29) is 16.6 Å². The molecule has 4 rings (SSSR count). The molecule has 3 aromatic rings. The molecule has 1 aliphatic rings. The topological polar surface area (TPSA) is 101 Å². The van der Waals surface area contributed by atoms with E-state index in [1.807, 2.05) is 6.07 Å². The van der Waals surface area contributed by atoms with Gasteiger partial charge in [0, 0.05) is 25.7 Å². The van der Waals surface area contributed by atoms with E-state index in [1.165, 1.54) is 39.0 Å². The quantitative estimate of drug-likeness (QED) is 0.599. The number of carbonyl (C=O) groups is 1. The van der Waals surface area contributed by atoms with E-state index in [2.05, 4.69) is 19.9 Å². The predicted molar refractivity (Wildman–Crippen MR) is 119 cm³/mol. The number of fused-ring (bicyclic) bond motifs is 1. The van der Waals surface area contributed by atoms with Gasteiger partial charge >= 0.3 is 0 Å². The summed E-state index contributed by atoms with van der Waals surface area (Å²) in [6, 6.07) is 9.76. The summed E-state index contributed by atoms with van der Waals surface area (Å²) in [5.74, 6) is -0.104. The molecule has 0 aliphatic carbocycles. The van der Waals surface area contributed by atoms with Crippen LogP contribution in [-0.4, -0.2) is 39.5 Å². The monoisotopic (exact) mass is 446 g/mol. The average molecular weight is 447 g/mol. The number of aromatic nitrogens is 1. The second-order valence-corrected chi connectivity index (χ2v) is 9.69. The molecular weight excluding hydrogens is 424 g/mol. The summed E-state index contributed by atoms with van der Waals surface area (Å²) in [5, 5.41) is 3.55. The number of amides is 1. The third kappa shape index (κ3) is 4.19. The number of hydrogen-bond acceptors (Lipinski definition) is 7. The summed E-state index contributed by atoms with van der Waals surface area (Å²) in [6.07, 6.45) is 2.33. The molecule has 2 aromatic carbocycles. The van der Waals surface area contributed by atoms with Crippen LogP contribution in [-0.2, 0) is 14.8 Å². The number of anilines is 3. The Kier molecular flexibility index (Phi) is 5.52. The van der Waals surface area contributed by atoms with Crippen LogP contribution >= 0.6 is 11.3 Å². The highest BCUT2D eigenvalue weighted by Gasteiger charge is 2.22. The number of hydrogen-bond donors (Lipinski definition) is 2. The molecule has 0 bridgehead atoms. The maximum Gasteiger partial charge on any atom is 0.265 e. The lowest BCUT2D eigenvalue weighted by atomic mass is 10.3. The maximum atomic E-state index is 13.0. The van der Waals surface area contributed by atoms with Gasteiger partial charge in [-0.15, -0.1) is 0 Å². The first-order valence-corrected chi connectivity index (χ1v) is 11.8. The van der Waals surface area contributed by atoms with E-state index in [0.29, 0.717) is 11.4 Å². The molecule has 30 heavy (non-hydrogen) atoms. The maximum absolute atomic E-state index is 13.0. The molecule has 1 aromatic heterocycles. The Morgan fingerprint density at radius 2 is 1.87 bits per heavy atom. The van der Waals surface area contributed by atoms with Gasteiger partial charge in [0.2, 0.25) is 5.91 Å². The second-order valence-electron chi connectivity index (χ2n) is 7.03. The lowest BCUT2D eigenvalue weighted by Gasteiger charge is -2.13.